The van der Waals surface area contributed by atoms with Crippen LogP contribution in [0.25, 0.3) is 10.8 Å². The lowest BCUT2D eigenvalue weighted by molar-refractivity contribution is 0.0686. The molecule has 1 saturated heterocycles. The highest BCUT2D eigenvalue weighted by Crippen LogP contribution is 2.20. The van der Waals surface area contributed by atoms with E-state index in [-0.39, 0.29) is 5.91 Å². The van der Waals surface area contributed by atoms with Gasteiger partial charge in [0.05, 0.1) is 0 Å². The molecule has 110 valence electrons. The van der Waals surface area contributed by atoms with Crippen LogP contribution >= 0.6 is 0 Å². The molecular weight excluding hydrogens is 262 g/mol. The lowest BCUT2D eigenvalue weighted by atomic mass is 10.0. The number of carbonyl (C=O) groups excluding carboxylic acids is 1. The first kappa shape index (κ1) is 14.0. The number of carbonyl (C=O) groups is 1. The van der Waals surface area contributed by atoms with Crippen LogP contribution in [0.2, 0.25) is 0 Å². The Kier molecular flexibility index (Phi) is 3.88. The molecule has 1 N–H and O–H groups in total. The van der Waals surface area contributed by atoms with Crippen molar-refractivity contribution in [3.05, 3.63) is 42.2 Å². The largest absolute Gasteiger partial charge is 0.336 e. The van der Waals surface area contributed by atoms with Gasteiger partial charge in [-0.25, -0.2) is 0 Å². The van der Waals surface area contributed by atoms with Gasteiger partial charge in [0.25, 0.3) is 5.91 Å². The average Bonchev–Trinajstić information content (AvgIpc) is 2.53. The van der Waals surface area contributed by atoms with Crippen LogP contribution in [0.5, 0.6) is 0 Å². The summed E-state index contributed by atoms with van der Waals surface area (Å²) in [6.07, 6.45) is 3.55. The molecule has 1 aliphatic heterocycles. The van der Waals surface area contributed by atoms with Gasteiger partial charge in [-0.15, -0.1) is 0 Å². The van der Waals surface area contributed by atoms with E-state index in [0.717, 1.165) is 36.0 Å². The predicted octanol–water partition coefficient (Wildman–Crippen LogP) is 2.30. The molecule has 1 aromatic heterocycles. The van der Waals surface area contributed by atoms with Gasteiger partial charge in [-0.05, 0) is 23.4 Å². The fraction of sp³-hybridized carbons (Fsp3) is 0.412. The monoisotopic (exact) mass is 283 g/mol. The molecule has 1 amide bonds. The fourth-order valence-corrected chi connectivity index (χ4v) is 2.89. The van der Waals surface area contributed by atoms with Crippen LogP contribution in [0, 0.1) is 5.92 Å². The van der Waals surface area contributed by atoms with Gasteiger partial charge in [-0.3, -0.25) is 9.78 Å². The molecule has 2 heterocycles. The molecule has 1 aromatic carbocycles. The predicted molar refractivity (Wildman–Crippen MR) is 84.3 cm³/mol. The van der Waals surface area contributed by atoms with Gasteiger partial charge >= 0.3 is 0 Å². The SMILES string of the molecule is CC(C)C1CN(C(=O)c2cccc3cnccc23)CCN1. The standard InChI is InChI=1S/C17H21N3O/c1-12(2)16-11-20(9-8-19-16)17(21)15-5-3-4-13-10-18-7-6-14(13)15/h3-7,10,12,16,19H,8-9,11H2,1-2H3. The zero-order chi connectivity index (χ0) is 14.8. The minimum Gasteiger partial charge on any atom is -0.336 e. The van der Waals surface area contributed by atoms with E-state index in [0.29, 0.717) is 12.0 Å². The Labute approximate surface area is 125 Å². The van der Waals surface area contributed by atoms with E-state index in [4.69, 9.17) is 0 Å². The van der Waals surface area contributed by atoms with Crippen LogP contribution in [-0.4, -0.2) is 41.5 Å². The lowest BCUT2D eigenvalue weighted by Crippen LogP contribution is -2.54. The van der Waals surface area contributed by atoms with E-state index in [1.807, 2.05) is 29.2 Å². The normalized spacial score (nSPS) is 19.2. The van der Waals surface area contributed by atoms with Crippen molar-refractivity contribution in [3.8, 4) is 0 Å². The molecule has 0 spiro atoms. The van der Waals surface area contributed by atoms with Gasteiger partial charge in [0.15, 0.2) is 0 Å². The molecule has 4 heteroatoms. The van der Waals surface area contributed by atoms with E-state index in [1.54, 1.807) is 12.4 Å². The third-order valence-electron chi connectivity index (χ3n) is 4.21. The number of nitrogens with one attached hydrogen (secondary N) is 1. The molecule has 21 heavy (non-hydrogen) atoms. The third kappa shape index (κ3) is 2.76. The number of amides is 1. The van der Waals surface area contributed by atoms with Crippen LogP contribution in [-0.2, 0) is 0 Å². The summed E-state index contributed by atoms with van der Waals surface area (Å²) in [6, 6.07) is 8.13. The van der Waals surface area contributed by atoms with Crippen molar-refractivity contribution in [1.82, 2.24) is 15.2 Å². The van der Waals surface area contributed by atoms with Gasteiger partial charge in [0.2, 0.25) is 0 Å². The molecule has 1 fully saturated rings. The molecule has 0 radical (unpaired) electrons. The topological polar surface area (TPSA) is 45.2 Å². The van der Waals surface area contributed by atoms with Crippen LogP contribution in [0.3, 0.4) is 0 Å². The van der Waals surface area contributed by atoms with Gasteiger partial charge in [-0.1, -0.05) is 26.0 Å². The highest BCUT2D eigenvalue weighted by atomic mass is 16.2. The highest BCUT2D eigenvalue weighted by Gasteiger charge is 2.26. The Bertz CT molecular complexity index is 648. The molecule has 2 aromatic rings. The van der Waals surface area contributed by atoms with Crippen molar-refractivity contribution in [2.75, 3.05) is 19.6 Å². The summed E-state index contributed by atoms with van der Waals surface area (Å²) in [5.74, 6) is 0.649. The number of aromatic nitrogens is 1. The molecule has 0 aliphatic carbocycles. The van der Waals surface area contributed by atoms with E-state index in [9.17, 15) is 4.79 Å². The molecule has 3 rings (SSSR count). The Hall–Kier alpha value is -1.94. The summed E-state index contributed by atoms with van der Waals surface area (Å²) in [5.41, 5.74) is 0.777. The molecule has 0 bridgehead atoms. The Balaban J connectivity index is 1.90. The summed E-state index contributed by atoms with van der Waals surface area (Å²) >= 11 is 0. The zero-order valence-electron chi connectivity index (χ0n) is 12.5. The van der Waals surface area contributed by atoms with E-state index in [1.165, 1.54) is 0 Å². The summed E-state index contributed by atoms with van der Waals surface area (Å²) in [5, 5.41) is 5.48. The van der Waals surface area contributed by atoms with Crippen LogP contribution in [0.1, 0.15) is 24.2 Å². The Morgan fingerprint density at radius 2 is 2.24 bits per heavy atom. The smallest absolute Gasteiger partial charge is 0.254 e. The highest BCUT2D eigenvalue weighted by molar-refractivity contribution is 6.06. The van der Waals surface area contributed by atoms with Crippen LogP contribution < -0.4 is 5.32 Å². The number of rotatable bonds is 2. The second kappa shape index (κ2) is 5.82. The lowest BCUT2D eigenvalue weighted by Gasteiger charge is -2.36. The number of pyridine rings is 1. The first-order valence-electron chi connectivity index (χ1n) is 7.52. The molecule has 1 atom stereocenters. The maximum atomic E-state index is 12.9. The number of hydrogen-bond acceptors (Lipinski definition) is 3. The molecular formula is C17H21N3O. The Morgan fingerprint density at radius 1 is 1.38 bits per heavy atom. The van der Waals surface area contributed by atoms with Gasteiger partial charge in [-0.2, -0.15) is 0 Å². The van der Waals surface area contributed by atoms with Gasteiger partial charge < -0.3 is 10.2 Å². The van der Waals surface area contributed by atoms with E-state index < -0.39 is 0 Å². The zero-order valence-corrected chi connectivity index (χ0v) is 12.5. The summed E-state index contributed by atoms with van der Waals surface area (Å²) in [4.78, 5) is 19.0. The van der Waals surface area contributed by atoms with Crippen molar-refractivity contribution in [2.45, 2.75) is 19.9 Å². The van der Waals surface area contributed by atoms with Crippen LogP contribution in [0.15, 0.2) is 36.7 Å². The summed E-state index contributed by atoms with van der Waals surface area (Å²) < 4.78 is 0. The first-order valence-corrected chi connectivity index (χ1v) is 7.52. The maximum Gasteiger partial charge on any atom is 0.254 e. The third-order valence-corrected chi connectivity index (χ3v) is 4.21. The summed E-state index contributed by atoms with van der Waals surface area (Å²) in [7, 11) is 0. The van der Waals surface area contributed by atoms with Crippen molar-refractivity contribution >= 4 is 16.7 Å². The minimum absolute atomic E-state index is 0.124. The quantitative estimate of drug-likeness (QED) is 0.920. The van der Waals surface area contributed by atoms with E-state index >= 15 is 0 Å². The molecule has 1 unspecified atom stereocenters. The number of hydrogen-bond donors (Lipinski definition) is 1. The van der Waals surface area contributed by atoms with Gasteiger partial charge in [0, 0.05) is 49.0 Å². The Morgan fingerprint density at radius 3 is 3.05 bits per heavy atom. The van der Waals surface area contributed by atoms with Crippen LogP contribution in [0.4, 0.5) is 0 Å². The van der Waals surface area contributed by atoms with Gasteiger partial charge in [0.1, 0.15) is 0 Å². The minimum atomic E-state index is 0.124. The molecule has 0 saturated carbocycles. The number of nitrogens with zero attached hydrogens (tertiary/aromatic N) is 2. The molecule has 4 nitrogen and oxygen atoms in total. The van der Waals surface area contributed by atoms with E-state index in [2.05, 4.69) is 24.1 Å². The van der Waals surface area contributed by atoms with Crippen molar-refractivity contribution < 1.29 is 4.79 Å². The maximum absolute atomic E-state index is 12.9. The number of benzene rings is 1. The number of piperazine rings is 1. The average molecular weight is 283 g/mol. The number of fused-ring (bicyclic) bond motifs is 1. The van der Waals surface area contributed by atoms with Crippen molar-refractivity contribution in [2.24, 2.45) is 5.92 Å². The van der Waals surface area contributed by atoms with Crippen molar-refractivity contribution in [1.29, 1.82) is 0 Å². The molecule has 1 aliphatic rings. The fourth-order valence-electron chi connectivity index (χ4n) is 2.89. The second-order valence-electron chi connectivity index (χ2n) is 5.96. The van der Waals surface area contributed by atoms with Crippen molar-refractivity contribution in [3.63, 3.8) is 0 Å². The summed E-state index contributed by atoms with van der Waals surface area (Å²) in [6.45, 7) is 6.78. The first-order chi connectivity index (χ1) is 10.2. The second-order valence-corrected chi connectivity index (χ2v) is 5.96.